The van der Waals surface area contributed by atoms with Crippen LogP contribution >= 0.6 is 24.0 Å². The van der Waals surface area contributed by atoms with Crippen molar-refractivity contribution in [1.82, 2.24) is 4.98 Å². The van der Waals surface area contributed by atoms with Crippen molar-refractivity contribution in [3.8, 4) is 0 Å². The molecule has 1 aromatic rings. The number of halogens is 1. The topological polar surface area (TPSA) is 15.8 Å². The largest absolute Gasteiger partial charge is 2.00 e. The average Bonchev–Trinajstić information content (AvgIpc) is 1.76. The summed E-state index contributed by atoms with van der Waals surface area (Å²) < 4.78 is 0. The fourth-order valence-corrected chi connectivity index (χ4v) is 0.278. The van der Waals surface area contributed by atoms with Gasteiger partial charge in [-0.3, -0.25) is 0 Å². The Morgan fingerprint density at radius 3 is 1.71 bits per heavy atom. The molecule has 0 atom stereocenters. The summed E-state index contributed by atoms with van der Waals surface area (Å²) in [4.78, 5) is 2.86. The predicted molar refractivity (Wildman–Crippen MR) is 44.2 cm³/mol. The summed E-state index contributed by atoms with van der Waals surface area (Å²) in [5.41, 5.74) is 0. The average molecular weight is 221 g/mol. The van der Waals surface area contributed by atoms with Crippen LogP contribution < -0.4 is 0 Å². The van der Waals surface area contributed by atoms with Gasteiger partial charge >= 0.3 is 23.1 Å². The standard InChI is InChI=1S/C4H5N.HI.Mg.2H/c1-2-4-5-3-1;;;;/h1-5H;1H;;;/q;;+2;2*-1. The SMILES string of the molecule is I.[H-].[H-].[Mg+2].c1cc[nH]c1. The zero-order valence-electron chi connectivity index (χ0n) is 5.92. The first-order valence-electron chi connectivity index (χ1n) is 1.58. The van der Waals surface area contributed by atoms with Crippen LogP contribution in [0.4, 0.5) is 0 Å². The predicted octanol–water partition coefficient (Wildman–Crippen LogP) is 1.48. The first kappa shape index (κ1) is 10.7. The Morgan fingerprint density at radius 1 is 1.14 bits per heavy atom. The van der Waals surface area contributed by atoms with Crippen LogP contribution in [-0.2, 0) is 0 Å². The number of nitrogens with one attached hydrogen (secondary N) is 1. The van der Waals surface area contributed by atoms with Crippen molar-refractivity contribution in [2.75, 3.05) is 0 Å². The van der Waals surface area contributed by atoms with Crippen LogP contribution in [0.3, 0.4) is 0 Å². The van der Waals surface area contributed by atoms with Gasteiger partial charge in [-0.1, -0.05) is 0 Å². The zero-order valence-corrected chi connectivity index (χ0v) is 7.67. The molecule has 0 unspecified atom stereocenters. The normalized spacial score (nSPS) is 5.71. The number of aromatic nitrogens is 1. The van der Waals surface area contributed by atoms with E-state index in [1.807, 2.05) is 24.5 Å². The van der Waals surface area contributed by atoms with Crippen LogP contribution in [0.15, 0.2) is 24.5 Å². The number of hydrogen-bond donors (Lipinski definition) is 1. The number of rotatable bonds is 0. The maximum absolute atomic E-state index is 2.86. The van der Waals surface area contributed by atoms with Crippen LogP contribution in [-0.4, -0.2) is 28.0 Å². The van der Waals surface area contributed by atoms with Crippen molar-refractivity contribution in [1.29, 1.82) is 0 Å². The maximum Gasteiger partial charge on any atom is 2.00 e. The van der Waals surface area contributed by atoms with Crippen molar-refractivity contribution in [3.05, 3.63) is 24.5 Å². The molecule has 0 radical (unpaired) electrons. The quantitative estimate of drug-likeness (QED) is 0.504. The fourth-order valence-electron chi connectivity index (χ4n) is 0.278. The minimum absolute atomic E-state index is 0. The van der Waals surface area contributed by atoms with Gasteiger partial charge < -0.3 is 7.84 Å². The second-order valence-electron chi connectivity index (χ2n) is 0.885. The van der Waals surface area contributed by atoms with Crippen LogP contribution in [0.5, 0.6) is 0 Å². The minimum Gasteiger partial charge on any atom is -1.00 e. The van der Waals surface area contributed by atoms with Gasteiger partial charge in [-0.25, -0.2) is 0 Å². The van der Waals surface area contributed by atoms with Crippen LogP contribution in [0.25, 0.3) is 0 Å². The van der Waals surface area contributed by atoms with E-state index in [1.165, 1.54) is 0 Å². The number of aromatic amines is 1. The van der Waals surface area contributed by atoms with Gasteiger partial charge in [0.25, 0.3) is 0 Å². The van der Waals surface area contributed by atoms with Gasteiger partial charge in [0.05, 0.1) is 0 Å². The molecule has 0 bridgehead atoms. The summed E-state index contributed by atoms with van der Waals surface area (Å²) in [6.07, 6.45) is 3.75. The van der Waals surface area contributed by atoms with E-state index in [1.54, 1.807) is 0 Å². The van der Waals surface area contributed by atoms with Gasteiger partial charge in [0.15, 0.2) is 0 Å². The molecule has 0 aliphatic rings. The van der Waals surface area contributed by atoms with Gasteiger partial charge in [0.1, 0.15) is 0 Å². The molecule has 3 heteroatoms. The van der Waals surface area contributed by atoms with Crippen molar-refractivity contribution in [3.63, 3.8) is 0 Å². The van der Waals surface area contributed by atoms with Gasteiger partial charge in [-0.15, -0.1) is 24.0 Å². The third-order valence-electron chi connectivity index (χ3n) is 0.496. The van der Waals surface area contributed by atoms with E-state index in [2.05, 4.69) is 4.98 Å². The first-order chi connectivity index (χ1) is 2.50. The molecule has 0 aromatic carbocycles. The van der Waals surface area contributed by atoms with E-state index in [0.717, 1.165) is 0 Å². The first-order valence-corrected chi connectivity index (χ1v) is 1.58. The Labute approximate surface area is 79.0 Å². The van der Waals surface area contributed by atoms with Crippen molar-refractivity contribution in [2.24, 2.45) is 0 Å². The van der Waals surface area contributed by atoms with Gasteiger partial charge in [-0.2, -0.15) is 0 Å². The monoisotopic (exact) mass is 221 g/mol. The molecular weight excluding hydrogens is 213 g/mol. The second-order valence-corrected chi connectivity index (χ2v) is 0.885. The molecule has 1 heterocycles. The van der Waals surface area contributed by atoms with Crippen LogP contribution in [0, 0.1) is 0 Å². The summed E-state index contributed by atoms with van der Waals surface area (Å²) >= 11 is 0. The zero-order chi connectivity index (χ0) is 3.54. The molecule has 1 nitrogen and oxygen atoms in total. The summed E-state index contributed by atoms with van der Waals surface area (Å²) in [5.74, 6) is 0. The summed E-state index contributed by atoms with van der Waals surface area (Å²) in [6.45, 7) is 0. The van der Waals surface area contributed by atoms with Crippen molar-refractivity contribution < 1.29 is 2.85 Å². The molecule has 0 spiro atoms. The molecule has 0 aliphatic heterocycles. The smallest absolute Gasteiger partial charge is 1.00 e. The third kappa shape index (κ3) is 4.63. The van der Waals surface area contributed by atoms with E-state index in [0.29, 0.717) is 0 Å². The maximum atomic E-state index is 2.86. The molecule has 0 aliphatic carbocycles. The Morgan fingerprint density at radius 2 is 1.57 bits per heavy atom. The fraction of sp³-hybridized carbons (Fsp3) is 0. The molecule has 1 aromatic heterocycles. The Balaban J connectivity index is -0.0000000312. The molecule has 0 saturated carbocycles. The molecule has 0 fully saturated rings. The molecule has 38 valence electrons. The third-order valence-corrected chi connectivity index (χ3v) is 0.496. The second kappa shape index (κ2) is 6.78. The summed E-state index contributed by atoms with van der Waals surface area (Å²) in [6, 6.07) is 3.89. The van der Waals surface area contributed by atoms with E-state index < -0.39 is 0 Å². The van der Waals surface area contributed by atoms with Crippen LogP contribution in [0.1, 0.15) is 2.85 Å². The van der Waals surface area contributed by atoms with Crippen LogP contribution in [0.2, 0.25) is 0 Å². The molecule has 7 heavy (non-hydrogen) atoms. The van der Waals surface area contributed by atoms with Gasteiger partial charge in [-0.05, 0) is 12.1 Å². The molecule has 1 N–H and O–H groups in total. The van der Waals surface area contributed by atoms with E-state index in [-0.39, 0.29) is 49.9 Å². The Bertz CT molecular complexity index is 75.0. The number of H-pyrrole nitrogens is 1. The minimum atomic E-state index is 0. The Hall–Kier alpha value is 0.776. The van der Waals surface area contributed by atoms with Gasteiger partial charge in [0.2, 0.25) is 0 Å². The molecular formula is C4H8IMgN. The summed E-state index contributed by atoms with van der Waals surface area (Å²) in [5, 5.41) is 0. The molecule has 1 rings (SSSR count). The van der Waals surface area contributed by atoms with E-state index >= 15 is 0 Å². The van der Waals surface area contributed by atoms with E-state index in [9.17, 15) is 0 Å². The molecule has 0 saturated heterocycles. The Kier molecular flexibility index (Phi) is 10.4. The van der Waals surface area contributed by atoms with Crippen molar-refractivity contribution >= 4 is 47.0 Å². The van der Waals surface area contributed by atoms with Gasteiger partial charge in [0, 0.05) is 12.4 Å². The number of hydrogen-bond acceptors (Lipinski definition) is 0. The summed E-state index contributed by atoms with van der Waals surface area (Å²) in [7, 11) is 0. The molecule has 0 amide bonds. The van der Waals surface area contributed by atoms with Crippen molar-refractivity contribution in [2.45, 2.75) is 0 Å². The van der Waals surface area contributed by atoms with E-state index in [4.69, 9.17) is 0 Å².